The van der Waals surface area contributed by atoms with E-state index in [1.54, 1.807) is 0 Å². The summed E-state index contributed by atoms with van der Waals surface area (Å²) in [5, 5.41) is 22.8. The van der Waals surface area contributed by atoms with E-state index in [1.807, 2.05) is 5.43 Å². The lowest BCUT2D eigenvalue weighted by molar-refractivity contribution is -0.143. The zero-order chi connectivity index (χ0) is 47.6. The van der Waals surface area contributed by atoms with Crippen molar-refractivity contribution in [2.45, 2.75) is 146 Å². The summed E-state index contributed by atoms with van der Waals surface area (Å²) >= 11 is 3.02. The zero-order valence-corrected chi connectivity index (χ0v) is 40.6. The Hall–Kier alpha value is -4.12. The van der Waals surface area contributed by atoms with Crippen molar-refractivity contribution in [2.75, 3.05) is 23.0 Å². The molecule has 352 valence electrons. The molecule has 4 atom stereocenters. The number of hydrogen-bond acceptors (Lipinski definition) is 10. The first-order valence-electron chi connectivity index (χ1n) is 21.2. The van der Waals surface area contributed by atoms with E-state index in [0.717, 1.165) is 51.4 Å². The van der Waals surface area contributed by atoms with Gasteiger partial charge in [0.25, 0.3) is 11.8 Å². The monoisotopic (exact) mass is 907 g/mol. The molecule has 0 rings (SSSR count). The molecule has 0 aromatic rings. The molecule has 0 aliphatic rings. The Morgan fingerprint density at radius 2 is 0.887 bits per heavy atom. The van der Waals surface area contributed by atoms with Gasteiger partial charge in [0, 0.05) is 35.4 Å². The van der Waals surface area contributed by atoms with Gasteiger partial charge in [0.2, 0.25) is 11.8 Å². The largest absolute Gasteiger partial charge is 0.481 e. The molecule has 0 aliphatic heterocycles. The lowest BCUT2D eigenvalue weighted by Gasteiger charge is -2.18. The molecule has 0 bridgehead atoms. The van der Waals surface area contributed by atoms with Crippen LogP contribution in [0.15, 0.2) is 69.9 Å². The summed E-state index contributed by atoms with van der Waals surface area (Å²) in [6.07, 6.45) is 21.2. The average Bonchev–Trinajstić information content (AvgIpc) is 3.18. The number of hydrogen-bond donors (Lipinski definition) is 8. The van der Waals surface area contributed by atoms with E-state index >= 15 is 0 Å². The van der Waals surface area contributed by atoms with Crippen LogP contribution in [-0.4, -0.2) is 80.9 Å². The summed E-state index contributed by atoms with van der Waals surface area (Å²) in [4.78, 5) is 69.5. The first-order chi connectivity index (χ1) is 29.1. The molecule has 0 aromatic heterocycles. The minimum absolute atomic E-state index is 0.186. The molecule has 0 heterocycles. The number of thioether (sulfide) groups is 2. The van der Waals surface area contributed by atoms with Crippen molar-refractivity contribution >= 4 is 59.1 Å². The van der Waals surface area contributed by atoms with Gasteiger partial charge in [-0.2, -0.15) is 23.5 Å². The molecule has 10 N–H and O–H groups in total. The molecule has 0 aromatic carbocycles. The highest BCUT2D eigenvalue weighted by Crippen LogP contribution is 2.15. The zero-order valence-electron chi connectivity index (χ0n) is 39.0. The molecule has 62 heavy (non-hydrogen) atoms. The number of hydrazine groups is 2. The SMILES string of the molecule is CC(C)=CCC/C(C)=C/CC/C(C)=C/CSC[C@H](NC(=O)C(C)CC(=O)O)C(=O)NN.CC(C)=CCC/C(C)=C/CC/C(C)=C/CSC[C@H](NC(=O)CC(C)C(=O)O)C(=O)NN. The Labute approximate surface area is 380 Å². The van der Waals surface area contributed by atoms with Gasteiger partial charge in [0.05, 0.1) is 12.3 Å². The highest BCUT2D eigenvalue weighted by atomic mass is 32.2. The van der Waals surface area contributed by atoms with Gasteiger partial charge in [-0.15, -0.1) is 0 Å². The Morgan fingerprint density at radius 1 is 0.516 bits per heavy atom. The second-order valence-electron chi connectivity index (χ2n) is 16.1. The van der Waals surface area contributed by atoms with Crippen LogP contribution in [0.5, 0.6) is 0 Å². The third kappa shape index (κ3) is 34.5. The molecule has 16 heteroatoms. The summed E-state index contributed by atoms with van der Waals surface area (Å²) in [6.45, 7) is 19.9. The van der Waals surface area contributed by atoms with Crippen LogP contribution < -0.4 is 33.2 Å². The number of rotatable bonds is 30. The average molecular weight is 907 g/mol. The summed E-state index contributed by atoms with van der Waals surface area (Å²) in [7, 11) is 0. The molecular formula is C46H78N6O8S2. The van der Waals surface area contributed by atoms with Crippen molar-refractivity contribution in [1.82, 2.24) is 21.5 Å². The lowest BCUT2D eigenvalue weighted by Crippen LogP contribution is -2.51. The minimum Gasteiger partial charge on any atom is -0.481 e. The van der Waals surface area contributed by atoms with E-state index in [1.165, 1.54) is 70.8 Å². The summed E-state index contributed by atoms with van der Waals surface area (Å²) in [5.74, 6) is 6.91. The fourth-order valence-electron chi connectivity index (χ4n) is 5.31. The molecule has 4 amide bonds. The van der Waals surface area contributed by atoms with Gasteiger partial charge in [-0.1, -0.05) is 83.7 Å². The van der Waals surface area contributed by atoms with Gasteiger partial charge in [0.1, 0.15) is 12.1 Å². The summed E-state index contributed by atoms with van der Waals surface area (Å²) in [5.41, 5.74) is 12.2. The van der Waals surface area contributed by atoms with Crippen molar-refractivity contribution in [3.63, 3.8) is 0 Å². The first kappa shape index (κ1) is 60.0. The third-order valence-corrected chi connectivity index (χ3v) is 11.3. The maximum Gasteiger partial charge on any atom is 0.306 e. The number of nitrogens with one attached hydrogen (secondary N) is 4. The van der Waals surface area contributed by atoms with Gasteiger partial charge in [-0.3, -0.25) is 39.6 Å². The van der Waals surface area contributed by atoms with E-state index in [-0.39, 0.29) is 12.8 Å². The third-order valence-electron chi connectivity index (χ3n) is 9.32. The predicted molar refractivity (Wildman–Crippen MR) is 257 cm³/mol. The molecule has 2 unspecified atom stereocenters. The first-order valence-corrected chi connectivity index (χ1v) is 23.5. The minimum atomic E-state index is -1.06. The molecule has 0 aliphatic carbocycles. The van der Waals surface area contributed by atoms with Crippen LogP contribution in [0.4, 0.5) is 0 Å². The number of allylic oxidation sites excluding steroid dienone is 10. The number of carbonyl (C=O) groups excluding carboxylic acids is 4. The van der Waals surface area contributed by atoms with E-state index in [9.17, 15) is 28.8 Å². The van der Waals surface area contributed by atoms with Crippen molar-refractivity contribution in [1.29, 1.82) is 0 Å². The number of carboxylic acids is 2. The maximum atomic E-state index is 12.1. The molecule has 14 nitrogen and oxygen atoms in total. The predicted octanol–water partition coefficient (Wildman–Crippen LogP) is 7.45. The van der Waals surface area contributed by atoms with E-state index in [2.05, 4.69) is 108 Å². The van der Waals surface area contributed by atoms with Crippen molar-refractivity contribution < 1.29 is 39.0 Å². The van der Waals surface area contributed by atoms with Crippen LogP contribution >= 0.6 is 23.5 Å². The lowest BCUT2D eigenvalue weighted by atomic mass is 10.1. The van der Waals surface area contributed by atoms with Crippen molar-refractivity contribution in [3.05, 3.63) is 69.9 Å². The Bertz CT molecular complexity index is 1600. The highest BCUT2D eigenvalue weighted by molar-refractivity contribution is 7.99. The van der Waals surface area contributed by atoms with Crippen LogP contribution in [0.1, 0.15) is 133 Å². The van der Waals surface area contributed by atoms with Gasteiger partial charge in [-0.25, -0.2) is 11.7 Å². The second kappa shape index (κ2) is 36.4. The van der Waals surface area contributed by atoms with Crippen LogP contribution in [-0.2, 0) is 28.8 Å². The Balaban J connectivity index is 0. The molecule has 0 radical (unpaired) electrons. The smallest absolute Gasteiger partial charge is 0.306 e. The van der Waals surface area contributed by atoms with Gasteiger partial charge in [-0.05, 0) is 107 Å². The fourth-order valence-corrected chi connectivity index (χ4v) is 7.32. The Kier molecular flexibility index (Phi) is 35.2. The van der Waals surface area contributed by atoms with Crippen LogP contribution in [0.3, 0.4) is 0 Å². The normalized spacial score (nSPS) is 13.9. The van der Waals surface area contributed by atoms with Gasteiger partial charge in [0.15, 0.2) is 0 Å². The quantitative estimate of drug-likeness (QED) is 0.0115. The number of nitrogens with two attached hydrogens (primary N) is 2. The molecular weight excluding hydrogens is 829 g/mol. The van der Waals surface area contributed by atoms with Crippen molar-refractivity contribution in [3.8, 4) is 0 Å². The highest BCUT2D eigenvalue weighted by Gasteiger charge is 2.25. The number of carbonyl (C=O) groups is 6. The maximum absolute atomic E-state index is 12.1. The molecule has 0 fully saturated rings. The van der Waals surface area contributed by atoms with E-state index in [4.69, 9.17) is 21.9 Å². The summed E-state index contributed by atoms with van der Waals surface area (Å²) < 4.78 is 0. The van der Waals surface area contributed by atoms with Crippen molar-refractivity contribution in [2.24, 2.45) is 23.5 Å². The number of aliphatic carboxylic acids is 2. The number of amides is 4. The van der Waals surface area contributed by atoms with Crippen LogP contribution in [0.25, 0.3) is 0 Å². The Morgan fingerprint density at radius 3 is 1.24 bits per heavy atom. The van der Waals surface area contributed by atoms with E-state index in [0.29, 0.717) is 23.0 Å². The topological polar surface area (TPSA) is 243 Å². The molecule has 0 saturated carbocycles. The fraction of sp³-hybridized carbons (Fsp3) is 0.609. The summed E-state index contributed by atoms with van der Waals surface area (Å²) in [6, 6.07) is -1.61. The molecule has 0 spiro atoms. The van der Waals surface area contributed by atoms with Gasteiger partial charge < -0.3 is 20.8 Å². The van der Waals surface area contributed by atoms with Crippen LogP contribution in [0.2, 0.25) is 0 Å². The molecule has 0 saturated heterocycles. The van der Waals surface area contributed by atoms with E-state index < -0.39 is 59.5 Å². The second-order valence-corrected chi connectivity index (χ2v) is 18.3. The van der Waals surface area contributed by atoms with Gasteiger partial charge >= 0.3 is 11.9 Å². The standard InChI is InChI=1S/2C23H39N3O4S/c1-16(2)8-6-9-17(3)10-7-11-18(4)12-13-31-15-20(22(28)26-24)25-21(27)14-19(5)23(29)30;1-16(2)8-6-9-17(3)10-7-11-18(4)12-13-31-15-20(23(30)26-24)25-22(29)19(5)14-21(27)28/h8,10,12,19-20H,6-7,9,11,13-15,24H2,1-5H3,(H,25,27)(H,26,28)(H,29,30);8,10,12,19-20H,6-7,9,11,13-15,24H2,1-5H3,(H,25,29)(H,26,30)(H,27,28)/b2*17-10+,18-12+/t2*19?,20-/m00/s1. The number of carboxylic acid groups (broad SMARTS) is 2. The van der Waals surface area contributed by atoms with Crippen LogP contribution in [0, 0.1) is 11.8 Å².